The number of halogens is 4. The van der Waals surface area contributed by atoms with Gasteiger partial charge in [0.05, 0.1) is 12.1 Å². The van der Waals surface area contributed by atoms with Crippen molar-refractivity contribution in [2.24, 2.45) is 5.10 Å². The van der Waals surface area contributed by atoms with E-state index in [1.807, 2.05) is 0 Å². The van der Waals surface area contributed by atoms with Gasteiger partial charge in [-0.15, -0.1) is 0 Å². The minimum absolute atomic E-state index is 0.0517. The van der Waals surface area contributed by atoms with Crippen molar-refractivity contribution in [2.75, 3.05) is 6.61 Å². The van der Waals surface area contributed by atoms with Crippen LogP contribution in [0.1, 0.15) is 12.0 Å². The standard InChI is InChI=1S/C18H14BrF3N2O3/c19-13-6-4-5-12(9-13)15-10-17(26,18(20,21)22)24(23-15)16(25)11-27-14-7-2-1-3-8-14/h1-9,26H,10-11H2. The van der Waals surface area contributed by atoms with E-state index in [0.717, 1.165) is 0 Å². The number of nitrogens with zero attached hydrogens (tertiary/aromatic N) is 2. The molecule has 1 aliphatic rings. The van der Waals surface area contributed by atoms with Crippen LogP contribution in [0.5, 0.6) is 5.75 Å². The van der Waals surface area contributed by atoms with Crippen molar-refractivity contribution in [3.05, 3.63) is 64.6 Å². The zero-order valence-corrected chi connectivity index (χ0v) is 15.4. The Hall–Kier alpha value is -2.39. The van der Waals surface area contributed by atoms with E-state index in [2.05, 4.69) is 21.0 Å². The summed E-state index contributed by atoms with van der Waals surface area (Å²) < 4.78 is 46.4. The first-order valence-electron chi connectivity index (χ1n) is 7.84. The van der Waals surface area contributed by atoms with Crippen LogP contribution in [0.4, 0.5) is 13.2 Å². The van der Waals surface area contributed by atoms with Gasteiger partial charge in [-0.3, -0.25) is 4.79 Å². The second-order valence-corrected chi connectivity index (χ2v) is 6.77. The molecule has 142 valence electrons. The summed E-state index contributed by atoms with van der Waals surface area (Å²) in [5.74, 6) is -0.791. The van der Waals surface area contributed by atoms with E-state index >= 15 is 0 Å². The van der Waals surface area contributed by atoms with Crippen LogP contribution >= 0.6 is 15.9 Å². The third-order valence-electron chi connectivity index (χ3n) is 3.94. The lowest BCUT2D eigenvalue weighted by Crippen LogP contribution is -2.57. The number of benzene rings is 2. The molecule has 0 saturated heterocycles. The van der Waals surface area contributed by atoms with Crippen LogP contribution in [-0.4, -0.2) is 40.2 Å². The van der Waals surface area contributed by atoms with Crippen molar-refractivity contribution < 1.29 is 27.8 Å². The van der Waals surface area contributed by atoms with Gasteiger partial charge >= 0.3 is 6.18 Å². The van der Waals surface area contributed by atoms with Gasteiger partial charge in [0, 0.05) is 4.47 Å². The smallest absolute Gasteiger partial charge is 0.438 e. The van der Waals surface area contributed by atoms with E-state index in [4.69, 9.17) is 4.74 Å². The van der Waals surface area contributed by atoms with Crippen molar-refractivity contribution in [3.63, 3.8) is 0 Å². The highest BCUT2D eigenvalue weighted by atomic mass is 79.9. The first-order valence-corrected chi connectivity index (χ1v) is 8.63. The Balaban J connectivity index is 1.87. The van der Waals surface area contributed by atoms with Gasteiger partial charge in [0.2, 0.25) is 0 Å². The molecule has 2 aromatic carbocycles. The highest BCUT2D eigenvalue weighted by molar-refractivity contribution is 9.10. The van der Waals surface area contributed by atoms with Crippen LogP contribution in [0.2, 0.25) is 0 Å². The van der Waals surface area contributed by atoms with E-state index in [1.165, 1.54) is 0 Å². The lowest BCUT2D eigenvalue weighted by Gasteiger charge is -2.32. The van der Waals surface area contributed by atoms with Gasteiger partial charge in [-0.1, -0.05) is 46.3 Å². The average Bonchev–Trinajstić information content (AvgIpc) is 3.00. The summed E-state index contributed by atoms with van der Waals surface area (Å²) in [7, 11) is 0. The number of para-hydroxylation sites is 1. The van der Waals surface area contributed by atoms with Gasteiger partial charge in [-0.25, -0.2) is 0 Å². The van der Waals surface area contributed by atoms with Crippen LogP contribution in [-0.2, 0) is 4.79 Å². The molecule has 1 heterocycles. The monoisotopic (exact) mass is 442 g/mol. The summed E-state index contributed by atoms with van der Waals surface area (Å²) in [6.45, 7) is -0.697. The lowest BCUT2D eigenvalue weighted by atomic mass is 10.0. The van der Waals surface area contributed by atoms with E-state index in [-0.39, 0.29) is 10.7 Å². The summed E-state index contributed by atoms with van der Waals surface area (Å²) in [5.41, 5.74) is -3.11. The number of carbonyl (C=O) groups is 1. The van der Waals surface area contributed by atoms with Crippen LogP contribution in [0, 0.1) is 0 Å². The first kappa shape index (κ1) is 19.4. The molecule has 1 aliphatic heterocycles. The Morgan fingerprint density at radius 1 is 1.22 bits per heavy atom. The third-order valence-corrected chi connectivity index (χ3v) is 4.43. The van der Waals surface area contributed by atoms with Crippen molar-refractivity contribution in [3.8, 4) is 5.75 Å². The molecule has 27 heavy (non-hydrogen) atoms. The number of ether oxygens (including phenoxy) is 1. The van der Waals surface area contributed by atoms with Crippen molar-refractivity contribution in [1.29, 1.82) is 0 Å². The number of hydrogen-bond donors (Lipinski definition) is 1. The predicted octanol–water partition coefficient (Wildman–Crippen LogP) is 3.72. The minimum atomic E-state index is -5.09. The number of hydrazone groups is 1. The fourth-order valence-corrected chi connectivity index (χ4v) is 2.98. The van der Waals surface area contributed by atoms with Crippen molar-refractivity contribution in [2.45, 2.75) is 18.3 Å². The molecular weight excluding hydrogens is 429 g/mol. The molecule has 1 atom stereocenters. The zero-order valence-electron chi connectivity index (χ0n) is 13.8. The van der Waals surface area contributed by atoms with Crippen LogP contribution in [0.3, 0.4) is 0 Å². The number of rotatable bonds is 4. The Kier molecular flexibility index (Phi) is 5.25. The molecule has 5 nitrogen and oxygen atoms in total. The zero-order chi connectivity index (χ0) is 19.7. The van der Waals surface area contributed by atoms with E-state index in [9.17, 15) is 23.1 Å². The summed E-state index contributed by atoms with van der Waals surface area (Å²) in [4.78, 5) is 12.3. The molecule has 0 spiro atoms. The molecule has 9 heteroatoms. The second-order valence-electron chi connectivity index (χ2n) is 5.86. The Bertz CT molecular complexity index is 874. The molecule has 0 saturated carbocycles. The largest absolute Gasteiger partial charge is 0.484 e. The molecule has 0 fully saturated rings. The molecule has 1 unspecified atom stereocenters. The van der Waals surface area contributed by atoms with Gasteiger partial charge < -0.3 is 9.84 Å². The molecule has 1 N–H and O–H groups in total. The Morgan fingerprint density at radius 3 is 2.56 bits per heavy atom. The van der Waals surface area contributed by atoms with Gasteiger partial charge in [0.25, 0.3) is 11.6 Å². The molecule has 2 aromatic rings. The maximum absolute atomic E-state index is 13.5. The maximum Gasteiger partial charge on any atom is 0.438 e. The van der Waals surface area contributed by atoms with Crippen molar-refractivity contribution in [1.82, 2.24) is 5.01 Å². The van der Waals surface area contributed by atoms with E-state index < -0.39 is 30.8 Å². The Morgan fingerprint density at radius 2 is 1.93 bits per heavy atom. The predicted molar refractivity (Wildman–Crippen MR) is 95.1 cm³/mol. The maximum atomic E-state index is 13.5. The SMILES string of the molecule is O=C(COc1ccccc1)N1N=C(c2cccc(Br)c2)CC1(O)C(F)(F)F. The average molecular weight is 443 g/mol. The highest BCUT2D eigenvalue weighted by Gasteiger charge is 2.63. The second kappa shape index (κ2) is 7.32. The summed E-state index contributed by atoms with van der Waals surface area (Å²) in [6.07, 6.45) is -5.96. The van der Waals surface area contributed by atoms with Crippen LogP contribution in [0.25, 0.3) is 0 Å². The molecule has 1 amide bonds. The van der Waals surface area contributed by atoms with Crippen LogP contribution < -0.4 is 4.74 Å². The lowest BCUT2D eigenvalue weighted by molar-refractivity contribution is -0.302. The van der Waals surface area contributed by atoms with Gasteiger partial charge in [-0.2, -0.15) is 23.3 Å². The number of hydrogen-bond acceptors (Lipinski definition) is 4. The van der Waals surface area contributed by atoms with E-state index in [1.54, 1.807) is 54.6 Å². The van der Waals surface area contributed by atoms with Gasteiger partial charge in [0.15, 0.2) is 6.61 Å². The molecular formula is C18H14BrF3N2O3. The highest BCUT2D eigenvalue weighted by Crippen LogP contribution is 2.41. The topological polar surface area (TPSA) is 62.1 Å². The molecule has 0 aliphatic carbocycles. The fraction of sp³-hybridized carbons (Fsp3) is 0.222. The van der Waals surface area contributed by atoms with E-state index in [0.29, 0.717) is 15.8 Å². The third kappa shape index (κ3) is 3.98. The molecule has 3 rings (SSSR count). The molecule has 0 bridgehead atoms. The van der Waals surface area contributed by atoms with Gasteiger partial charge in [-0.05, 0) is 29.8 Å². The number of aliphatic hydroxyl groups is 1. The number of carbonyl (C=O) groups excluding carboxylic acids is 1. The van der Waals surface area contributed by atoms with Gasteiger partial charge in [0.1, 0.15) is 5.75 Å². The Labute approximate surface area is 161 Å². The summed E-state index contributed by atoms with van der Waals surface area (Å²) >= 11 is 3.23. The quantitative estimate of drug-likeness (QED) is 0.784. The normalized spacial score (nSPS) is 19.7. The molecule has 0 radical (unpaired) electrons. The number of alkyl halides is 3. The summed E-state index contributed by atoms with van der Waals surface area (Å²) in [6, 6.07) is 14.6. The molecule has 0 aromatic heterocycles. The first-order chi connectivity index (χ1) is 12.7. The minimum Gasteiger partial charge on any atom is -0.484 e. The fourth-order valence-electron chi connectivity index (χ4n) is 2.58. The number of amides is 1. The van der Waals surface area contributed by atoms with Crippen LogP contribution in [0.15, 0.2) is 64.2 Å². The van der Waals surface area contributed by atoms with Crippen molar-refractivity contribution >= 4 is 27.5 Å². The summed E-state index contributed by atoms with van der Waals surface area (Å²) in [5, 5.41) is 14.1.